The molecule has 0 spiro atoms. The molecule has 0 bridgehead atoms. The first-order valence-corrected chi connectivity index (χ1v) is 9.34. The molecule has 3 heterocycles. The van der Waals surface area contributed by atoms with Crippen molar-refractivity contribution in [2.45, 2.75) is 26.2 Å². The average molecular weight is 362 g/mol. The SMILES string of the molecule is CCc1ccccc1NC(=O)c1nc(C(=O)N2CCCC2)n2ccccc12. The summed E-state index contributed by atoms with van der Waals surface area (Å²) in [5.74, 6) is -0.136. The van der Waals surface area contributed by atoms with Gasteiger partial charge in [-0.3, -0.25) is 14.0 Å². The van der Waals surface area contributed by atoms with Gasteiger partial charge in [-0.05, 0) is 43.0 Å². The number of nitrogens with zero attached hydrogens (tertiary/aromatic N) is 3. The number of pyridine rings is 1. The Kier molecular flexibility index (Phi) is 4.62. The molecule has 6 nitrogen and oxygen atoms in total. The number of rotatable bonds is 4. The number of imidazole rings is 1. The number of aryl methyl sites for hydroxylation is 1. The van der Waals surface area contributed by atoms with Crippen LogP contribution in [-0.4, -0.2) is 39.2 Å². The van der Waals surface area contributed by atoms with Crippen LogP contribution >= 0.6 is 0 Å². The van der Waals surface area contributed by atoms with E-state index in [2.05, 4.69) is 10.3 Å². The van der Waals surface area contributed by atoms with E-state index in [0.29, 0.717) is 11.3 Å². The lowest BCUT2D eigenvalue weighted by Gasteiger charge is -2.13. The van der Waals surface area contributed by atoms with Gasteiger partial charge >= 0.3 is 0 Å². The minimum Gasteiger partial charge on any atom is -0.336 e. The predicted octanol–water partition coefficient (Wildman–Crippen LogP) is 3.39. The van der Waals surface area contributed by atoms with Crippen LogP contribution in [-0.2, 0) is 6.42 Å². The van der Waals surface area contributed by atoms with Gasteiger partial charge in [0, 0.05) is 25.0 Å². The van der Waals surface area contributed by atoms with Crippen molar-refractivity contribution in [2.24, 2.45) is 0 Å². The Morgan fingerprint density at radius 3 is 2.59 bits per heavy atom. The van der Waals surface area contributed by atoms with Gasteiger partial charge in [0.05, 0.1) is 5.52 Å². The van der Waals surface area contributed by atoms with E-state index in [-0.39, 0.29) is 17.5 Å². The molecule has 0 aliphatic carbocycles. The summed E-state index contributed by atoms with van der Waals surface area (Å²) in [5, 5.41) is 2.95. The number of benzene rings is 1. The van der Waals surface area contributed by atoms with Crippen molar-refractivity contribution in [3.8, 4) is 0 Å². The topological polar surface area (TPSA) is 66.7 Å². The minimum atomic E-state index is -0.305. The number of amides is 2. The number of aromatic nitrogens is 2. The molecule has 3 aromatic rings. The normalized spacial score (nSPS) is 13.9. The number of carbonyl (C=O) groups excluding carboxylic acids is 2. The maximum atomic E-state index is 12.9. The number of para-hydroxylation sites is 1. The van der Waals surface area contributed by atoms with Gasteiger partial charge in [0.15, 0.2) is 5.69 Å². The highest BCUT2D eigenvalue weighted by molar-refractivity contribution is 6.09. The monoisotopic (exact) mass is 362 g/mol. The lowest BCUT2D eigenvalue weighted by molar-refractivity contribution is 0.0780. The van der Waals surface area contributed by atoms with Crippen molar-refractivity contribution >= 4 is 23.0 Å². The van der Waals surface area contributed by atoms with Crippen LogP contribution in [0.5, 0.6) is 0 Å². The Morgan fingerprint density at radius 1 is 1.07 bits per heavy atom. The molecule has 0 unspecified atom stereocenters. The molecule has 1 aromatic carbocycles. The van der Waals surface area contributed by atoms with Gasteiger partial charge in [-0.25, -0.2) is 4.98 Å². The number of likely N-dealkylation sites (tertiary alicyclic amines) is 1. The molecule has 1 N–H and O–H groups in total. The third-order valence-corrected chi connectivity index (χ3v) is 4.99. The molecule has 0 radical (unpaired) electrons. The van der Waals surface area contributed by atoms with Crippen LogP contribution in [0.15, 0.2) is 48.7 Å². The maximum absolute atomic E-state index is 12.9. The highest BCUT2D eigenvalue weighted by Crippen LogP contribution is 2.20. The van der Waals surface area contributed by atoms with Crippen LogP contribution < -0.4 is 5.32 Å². The first kappa shape index (κ1) is 17.3. The van der Waals surface area contributed by atoms with Gasteiger partial charge < -0.3 is 10.2 Å². The second kappa shape index (κ2) is 7.23. The van der Waals surface area contributed by atoms with Crippen molar-refractivity contribution in [1.82, 2.24) is 14.3 Å². The third-order valence-electron chi connectivity index (χ3n) is 4.99. The number of anilines is 1. The Labute approximate surface area is 157 Å². The van der Waals surface area contributed by atoms with E-state index in [0.717, 1.165) is 43.6 Å². The number of fused-ring (bicyclic) bond motifs is 1. The van der Waals surface area contributed by atoms with E-state index in [1.54, 1.807) is 15.5 Å². The molecule has 2 amide bonds. The highest BCUT2D eigenvalue weighted by Gasteiger charge is 2.26. The zero-order valence-electron chi connectivity index (χ0n) is 15.3. The molecule has 138 valence electrons. The molecule has 1 aliphatic heterocycles. The average Bonchev–Trinajstić information content (AvgIpc) is 3.36. The first-order valence-electron chi connectivity index (χ1n) is 9.34. The summed E-state index contributed by atoms with van der Waals surface area (Å²) in [5.41, 5.74) is 2.73. The van der Waals surface area contributed by atoms with E-state index in [1.165, 1.54) is 0 Å². The van der Waals surface area contributed by atoms with Crippen LogP contribution in [0.4, 0.5) is 5.69 Å². The molecule has 1 fully saturated rings. The van der Waals surface area contributed by atoms with Crippen molar-refractivity contribution in [1.29, 1.82) is 0 Å². The fourth-order valence-electron chi connectivity index (χ4n) is 3.55. The molecule has 1 saturated heterocycles. The number of hydrogen-bond donors (Lipinski definition) is 1. The van der Waals surface area contributed by atoms with Crippen molar-refractivity contribution in [3.05, 3.63) is 65.7 Å². The van der Waals surface area contributed by atoms with Crippen LogP contribution in [0.25, 0.3) is 5.52 Å². The van der Waals surface area contributed by atoms with Gasteiger partial charge in [0.2, 0.25) is 5.82 Å². The number of carbonyl (C=O) groups is 2. The third kappa shape index (κ3) is 3.18. The van der Waals surface area contributed by atoms with Gasteiger partial charge in [0.25, 0.3) is 11.8 Å². The zero-order chi connectivity index (χ0) is 18.8. The lowest BCUT2D eigenvalue weighted by atomic mass is 10.1. The molecule has 27 heavy (non-hydrogen) atoms. The van der Waals surface area contributed by atoms with Gasteiger partial charge in [-0.1, -0.05) is 31.2 Å². The number of nitrogens with one attached hydrogen (secondary N) is 1. The highest BCUT2D eigenvalue weighted by atomic mass is 16.2. The van der Waals surface area contributed by atoms with Crippen molar-refractivity contribution < 1.29 is 9.59 Å². The summed E-state index contributed by atoms with van der Waals surface area (Å²) < 4.78 is 1.71. The molecular formula is C21H22N4O2. The Balaban J connectivity index is 1.71. The molecular weight excluding hydrogens is 340 g/mol. The van der Waals surface area contributed by atoms with E-state index < -0.39 is 0 Å². The Morgan fingerprint density at radius 2 is 1.81 bits per heavy atom. The van der Waals surface area contributed by atoms with E-state index in [9.17, 15) is 9.59 Å². The van der Waals surface area contributed by atoms with Crippen molar-refractivity contribution in [3.63, 3.8) is 0 Å². The summed E-state index contributed by atoms with van der Waals surface area (Å²) >= 11 is 0. The predicted molar refractivity (Wildman–Crippen MR) is 104 cm³/mol. The maximum Gasteiger partial charge on any atom is 0.290 e. The smallest absolute Gasteiger partial charge is 0.290 e. The molecule has 0 saturated carbocycles. The summed E-state index contributed by atoms with van der Waals surface area (Å²) in [6, 6.07) is 13.2. The molecule has 0 atom stereocenters. The lowest BCUT2D eigenvalue weighted by Crippen LogP contribution is -2.29. The Bertz CT molecular complexity index is 1000. The standard InChI is InChI=1S/C21H22N4O2/c1-2-15-9-3-4-10-16(15)22-20(26)18-17-11-5-6-14-25(17)19(23-18)21(27)24-12-7-8-13-24/h3-6,9-11,14H,2,7-8,12-13H2,1H3,(H,22,26). The fourth-order valence-corrected chi connectivity index (χ4v) is 3.55. The fraction of sp³-hybridized carbons (Fsp3) is 0.286. The summed E-state index contributed by atoms with van der Waals surface area (Å²) in [6.07, 6.45) is 4.62. The van der Waals surface area contributed by atoms with E-state index in [1.807, 2.05) is 49.4 Å². The van der Waals surface area contributed by atoms with E-state index >= 15 is 0 Å². The number of hydrogen-bond acceptors (Lipinski definition) is 3. The van der Waals surface area contributed by atoms with Gasteiger partial charge in [0.1, 0.15) is 0 Å². The summed E-state index contributed by atoms with van der Waals surface area (Å²) in [6.45, 7) is 3.53. The van der Waals surface area contributed by atoms with Gasteiger partial charge in [-0.15, -0.1) is 0 Å². The zero-order valence-corrected chi connectivity index (χ0v) is 15.3. The summed E-state index contributed by atoms with van der Waals surface area (Å²) in [4.78, 5) is 32.1. The van der Waals surface area contributed by atoms with Crippen LogP contribution in [0, 0.1) is 0 Å². The second-order valence-corrected chi connectivity index (χ2v) is 6.70. The van der Waals surface area contributed by atoms with Crippen molar-refractivity contribution in [2.75, 3.05) is 18.4 Å². The molecule has 4 rings (SSSR count). The first-order chi connectivity index (χ1) is 13.2. The van der Waals surface area contributed by atoms with Crippen LogP contribution in [0.1, 0.15) is 46.4 Å². The molecule has 2 aromatic heterocycles. The van der Waals surface area contributed by atoms with E-state index in [4.69, 9.17) is 0 Å². The molecule has 1 aliphatic rings. The second-order valence-electron chi connectivity index (χ2n) is 6.70. The minimum absolute atomic E-state index is 0.123. The molecule has 6 heteroatoms. The van der Waals surface area contributed by atoms with Crippen LogP contribution in [0.3, 0.4) is 0 Å². The van der Waals surface area contributed by atoms with Crippen LogP contribution in [0.2, 0.25) is 0 Å². The quantitative estimate of drug-likeness (QED) is 0.774. The largest absolute Gasteiger partial charge is 0.336 e. The van der Waals surface area contributed by atoms with Gasteiger partial charge in [-0.2, -0.15) is 0 Å². The summed E-state index contributed by atoms with van der Waals surface area (Å²) in [7, 11) is 0. The Hall–Kier alpha value is -3.15.